The minimum atomic E-state index is -1.37. The number of nitrogens with two attached hydrogens (primary N) is 1. The van der Waals surface area contributed by atoms with Crippen molar-refractivity contribution < 1.29 is 29.0 Å². The van der Waals surface area contributed by atoms with Crippen LogP contribution in [0.25, 0.3) is 0 Å². The van der Waals surface area contributed by atoms with Gasteiger partial charge in [-0.05, 0) is 93.0 Å². The van der Waals surface area contributed by atoms with Crippen molar-refractivity contribution in [2.45, 2.75) is 154 Å². The van der Waals surface area contributed by atoms with Gasteiger partial charge in [-0.25, -0.2) is 14.4 Å². The molecule has 0 radical (unpaired) electrons. The number of hydrogen-bond acceptors (Lipinski definition) is 7. The van der Waals surface area contributed by atoms with Gasteiger partial charge in [-0.2, -0.15) is 4.90 Å². The Morgan fingerprint density at radius 2 is 1.22 bits per heavy atom. The fourth-order valence-electron chi connectivity index (χ4n) is 4.67. The van der Waals surface area contributed by atoms with Crippen LogP contribution in [0.3, 0.4) is 0 Å². The highest BCUT2D eigenvalue weighted by atomic mass is 16.6. The van der Waals surface area contributed by atoms with Crippen LogP contribution in [-0.4, -0.2) is 64.0 Å². The maximum absolute atomic E-state index is 12.4. The van der Waals surface area contributed by atoms with E-state index in [9.17, 15) is 19.5 Å². The summed E-state index contributed by atoms with van der Waals surface area (Å²) in [5.74, 6) is -1.30. The maximum atomic E-state index is 12.4. The summed E-state index contributed by atoms with van der Waals surface area (Å²) < 4.78 is 10.3. The van der Waals surface area contributed by atoms with Crippen LogP contribution in [0.1, 0.15) is 125 Å². The summed E-state index contributed by atoms with van der Waals surface area (Å²) in [6, 6.07) is 0.370. The molecular weight excluding hydrogens is 474 g/mol. The fraction of sp³-hybridized carbons (Fsp3) is 0.893. The standard InChI is InChI=1S/C16H30N2O6.C12H23N/c1-15(2,3)23-13(21)18(14(22)24-16(4,5)6)11(12(19)20)9-7-8-10-17;1-3-7-11(8-4-1)13-12-9-5-2-6-10-12/h11H,7-10,17H2,1-6H3,(H,19,20);11-13H,1-10H2/t11-;/m0./s1. The van der Waals surface area contributed by atoms with E-state index in [4.69, 9.17) is 15.2 Å². The number of aliphatic carboxylic acids is 1. The summed E-state index contributed by atoms with van der Waals surface area (Å²) >= 11 is 0. The van der Waals surface area contributed by atoms with Gasteiger partial charge in [0.05, 0.1) is 0 Å². The minimum Gasteiger partial charge on any atom is -0.480 e. The van der Waals surface area contributed by atoms with Crippen LogP contribution in [0.15, 0.2) is 0 Å². The normalized spacial score (nSPS) is 18.2. The molecule has 2 aliphatic carbocycles. The van der Waals surface area contributed by atoms with Crippen molar-refractivity contribution in [1.82, 2.24) is 10.2 Å². The van der Waals surface area contributed by atoms with Crippen LogP contribution in [0.5, 0.6) is 0 Å². The lowest BCUT2D eigenvalue weighted by Gasteiger charge is -2.31. The molecule has 0 bridgehead atoms. The summed E-state index contributed by atoms with van der Waals surface area (Å²) in [7, 11) is 0. The van der Waals surface area contributed by atoms with Crippen LogP contribution in [0.2, 0.25) is 0 Å². The van der Waals surface area contributed by atoms with Crippen molar-refractivity contribution in [3.8, 4) is 0 Å². The molecule has 2 fully saturated rings. The molecule has 2 rings (SSSR count). The van der Waals surface area contributed by atoms with Crippen molar-refractivity contribution in [1.29, 1.82) is 0 Å². The highest BCUT2D eigenvalue weighted by Gasteiger charge is 2.40. The number of rotatable bonds is 8. The molecule has 9 nitrogen and oxygen atoms in total. The Labute approximate surface area is 224 Å². The molecule has 0 heterocycles. The van der Waals surface area contributed by atoms with E-state index in [0.717, 1.165) is 12.1 Å². The molecule has 0 aromatic carbocycles. The van der Waals surface area contributed by atoms with Gasteiger partial charge in [-0.15, -0.1) is 0 Å². The number of imide groups is 1. The number of carbonyl (C=O) groups is 3. The summed E-state index contributed by atoms with van der Waals surface area (Å²) in [5, 5.41) is 13.3. The average Bonchev–Trinajstić information content (AvgIpc) is 2.78. The van der Waals surface area contributed by atoms with Crippen LogP contribution in [0, 0.1) is 0 Å². The quantitative estimate of drug-likeness (QED) is 0.328. The molecule has 0 saturated heterocycles. The Morgan fingerprint density at radius 1 is 0.811 bits per heavy atom. The van der Waals surface area contributed by atoms with E-state index < -0.39 is 35.4 Å². The molecule has 0 unspecified atom stereocenters. The third-order valence-corrected chi connectivity index (χ3v) is 6.39. The van der Waals surface area contributed by atoms with Gasteiger partial charge in [0.25, 0.3) is 0 Å². The Kier molecular flexibility index (Phi) is 14.5. The zero-order valence-electron chi connectivity index (χ0n) is 24.1. The molecule has 2 saturated carbocycles. The number of carboxylic acids is 1. The summed E-state index contributed by atoms with van der Waals surface area (Å²) in [5.41, 5.74) is 3.65. The molecule has 4 N–H and O–H groups in total. The lowest BCUT2D eigenvalue weighted by molar-refractivity contribution is -0.143. The summed E-state index contributed by atoms with van der Waals surface area (Å²) in [6.07, 6.45) is 13.6. The number of carbonyl (C=O) groups excluding carboxylic acids is 2. The molecule has 216 valence electrons. The molecule has 2 amide bonds. The predicted molar refractivity (Wildman–Crippen MR) is 146 cm³/mol. The molecule has 0 aromatic rings. The van der Waals surface area contributed by atoms with E-state index in [1.165, 1.54) is 64.2 Å². The van der Waals surface area contributed by atoms with Gasteiger partial charge in [-0.3, -0.25) is 0 Å². The zero-order chi connectivity index (χ0) is 28.1. The van der Waals surface area contributed by atoms with Gasteiger partial charge in [0.2, 0.25) is 0 Å². The van der Waals surface area contributed by atoms with E-state index in [0.29, 0.717) is 24.3 Å². The number of amides is 2. The second kappa shape index (κ2) is 16.2. The first-order chi connectivity index (χ1) is 17.2. The number of carboxylic acid groups (broad SMARTS) is 1. The topological polar surface area (TPSA) is 131 Å². The second-order valence-corrected chi connectivity index (χ2v) is 12.3. The van der Waals surface area contributed by atoms with Gasteiger partial charge < -0.3 is 25.6 Å². The molecule has 0 spiro atoms. The Hall–Kier alpha value is -1.87. The van der Waals surface area contributed by atoms with Gasteiger partial charge in [0, 0.05) is 12.1 Å². The Morgan fingerprint density at radius 3 is 1.54 bits per heavy atom. The van der Waals surface area contributed by atoms with Gasteiger partial charge in [0.15, 0.2) is 0 Å². The lowest BCUT2D eigenvalue weighted by Crippen LogP contribution is -2.52. The smallest absolute Gasteiger partial charge is 0.420 e. The van der Waals surface area contributed by atoms with Crippen LogP contribution < -0.4 is 11.1 Å². The maximum Gasteiger partial charge on any atom is 0.420 e. The molecule has 1 atom stereocenters. The highest BCUT2D eigenvalue weighted by Crippen LogP contribution is 2.23. The van der Waals surface area contributed by atoms with Crippen LogP contribution >= 0.6 is 0 Å². The fourth-order valence-corrected chi connectivity index (χ4v) is 4.67. The molecule has 37 heavy (non-hydrogen) atoms. The third kappa shape index (κ3) is 14.6. The van der Waals surface area contributed by atoms with Crippen molar-refractivity contribution in [3.63, 3.8) is 0 Å². The van der Waals surface area contributed by atoms with E-state index in [1.54, 1.807) is 41.5 Å². The molecule has 2 aliphatic rings. The number of hydrogen-bond donors (Lipinski definition) is 3. The van der Waals surface area contributed by atoms with Crippen molar-refractivity contribution in [3.05, 3.63) is 0 Å². The molecule has 9 heteroatoms. The average molecular weight is 528 g/mol. The van der Waals surface area contributed by atoms with E-state index in [-0.39, 0.29) is 6.42 Å². The first-order valence-electron chi connectivity index (χ1n) is 14.2. The van der Waals surface area contributed by atoms with Gasteiger partial charge in [-0.1, -0.05) is 38.5 Å². The summed E-state index contributed by atoms with van der Waals surface area (Å²) in [4.78, 5) is 36.9. The largest absolute Gasteiger partial charge is 0.480 e. The van der Waals surface area contributed by atoms with Gasteiger partial charge in [0.1, 0.15) is 17.2 Å². The van der Waals surface area contributed by atoms with Gasteiger partial charge >= 0.3 is 18.2 Å². The van der Waals surface area contributed by atoms with Crippen LogP contribution in [-0.2, 0) is 14.3 Å². The predicted octanol–water partition coefficient (Wildman–Crippen LogP) is 5.98. The molecular formula is C28H53N3O6. The minimum absolute atomic E-state index is 0.0744. The first kappa shape index (κ1) is 33.2. The highest BCUT2D eigenvalue weighted by molar-refractivity contribution is 5.93. The Bertz CT molecular complexity index is 645. The van der Waals surface area contributed by atoms with E-state index in [1.807, 2.05) is 0 Å². The van der Waals surface area contributed by atoms with Crippen molar-refractivity contribution >= 4 is 18.2 Å². The number of nitrogens with one attached hydrogen (secondary N) is 1. The van der Waals surface area contributed by atoms with E-state index in [2.05, 4.69) is 5.32 Å². The monoisotopic (exact) mass is 527 g/mol. The van der Waals surface area contributed by atoms with Crippen molar-refractivity contribution in [2.24, 2.45) is 5.73 Å². The van der Waals surface area contributed by atoms with Crippen molar-refractivity contribution in [2.75, 3.05) is 6.54 Å². The first-order valence-corrected chi connectivity index (χ1v) is 14.2. The third-order valence-electron chi connectivity index (χ3n) is 6.39. The SMILES string of the molecule is C1CCC(NC2CCCCC2)CC1.CC(C)(C)OC(=O)N(C(=O)OC(C)(C)C)[C@@H](CCCCN)C(=O)O. The second-order valence-electron chi connectivity index (χ2n) is 12.3. The summed E-state index contributed by atoms with van der Waals surface area (Å²) in [6.45, 7) is 10.2. The zero-order valence-corrected chi connectivity index (χ0v) is 24.1. The number of unbranched alkanes of at least 4 members (excludes halogenated alkanes) is 1. The molecule has 0 aromatic heterocycles. The molecule has 0 aliphatic heterocycles. The lowest BCUT2D eigenvalue weighted by atomic mass is 9.91. The number of nitrogens with zero attached hydrogens (tertiary/aromatic N) is 1. The van der Waals surface area contributed by atoms with E-state index >= 15 is 0 Å². The Balaban J connectivity index is 0.000000435. The van der Waals surface area contributed by atoms with Crippen LogP contribution in [0.4, 0.5) is 9.59 Å². The number of ether oxygens (including phenoxy) is 2.